The molecule has 0 unspecified atom stereocenters. The maximum atomic E-state index is 12.1. The molecule has 78 valence electrons. The highest BCUT2D eigenvalue weighted by Crippen LogP contribution is 2.16. The first-order valence-corrected chi connectivity index (χ1v) is 3.86. The predicted octanol–water partition coefficient (Wildman–Crippen LogP) is 1.04. The van der Waals surface area contributed by atoms with E-state index in [4.69, 9.17) is 5.73 Å². The molecule has 5 nitrogen and oxygen atoms in total. The molecule has 0 amide bonds. The monoisotopic (exact) mass is 205 g/mol. The van der Waals surface area contributed by atoms with Crippen LogP contribution >= 0.6 is 0 Å². The molecule has 0 atom stereocenters. The van der Waals surface area contributed by atoms with Gasteiger partial charge in [0.15, 0.2) is 5.82 Å². The van der Waals surface area contributed by atoms with Crippen LogP contribution in [0.1, 0.15) is 23.8 Å². The largest absolute Gasteiger partial charge is 0.462 e. The Balaban J connectivity index is 2.92. The Hall–Kier alpha value is -1.66. The SMILES string of the molecule is CCOC(=O)c1cn(C(F)F)nc1N. The number of nitrogens with zero attached hydrogens (tertiary/aromatic N) is 2. The molecule has 1 heterocycles. The minimum absolute atomic E-state index is 0.146. The van der Waals surface area contributed by atoms with Crippen LogP contribution in [0.15, 0.2) is 6.20 Å². The number of esters is 1. The second-order valence-corrected chi connectivity index (χ2v) is 2.41. The lowest BCUT2D eigenvalue weighted by Gasteiger charge is -1.97. The van der Waals surface area contributed by atoms with Gasteiger partial charge < -0.3 is 10.5 Å². The molecular formula is C7H9F2N3O2. The summed E-state index contributed by atoms with van der Waals surface area (Å²) in [4.78, 5) is 11.1. The molecule has 0 aliphatic rings. The molecule has 0 spiro atoms. The molecule has 1 rings (SSSR count). The summed E-state index contributed by atoms with van der Waals surface area (Å²) in [6.45, 7) is -1.07. The summed E-state index contributed by atoms with van der Waals surface area (Å²) in [5.74, 6) is -1.01. The molecule has 0 bridgehead atoms. The number of aromatic nitrogens is 2. The smallest absolute Gasteiger partial charge is 0.343 e. The van der Waals surface area contributed by atoms with E-state index < -0.39 is 12.5 Å². The van der Waals surface area contributed by atoms with Crippen LogP contribution in [0.4, 0.5) is 14.6 Å². The summed E-state index contributed by atoms with van der Waals surface area (Å²) < 4.78 is 29.1. The minimum atomic E-state index is -2.82. The van der Waals surface area contributed by atoms with Gasteiger partial charge in [-0.2, -0.15) is 8.78 Å². The molecule has 1 aromatic heterocycles. The van der Waals surface area contributed by atoms with E-state index in [0.717, 1.165) is 6.20 Å². The predicted molar refractivity (Wildman–Crippen MR) is 43.8 cm³/mol. The van der Waals surface area contributed by atoms with Crippen molar-refractivity contribution in [2.75, 3.05) is 12.3 Å². The molecule has 0 aliphatic carbocycles. The van der Waals surface area contributed by atoms with Gasteiger partial charge in [0.1, 0.15) is 5.56 Å². The van der Waals surface area contributed by atoms with Crippen LogP contribution < -0.4 is 5.73 Å². The van der Waals surface area contributed by atoms with Gasteiger partial charge in [-0.3, -0.25) is 0 Å². The van der Waals surface area contributed by atoms with Gasteiger partial charge >= 0.3 is 12.5 Å². The summed E-state index contributed by atoms with van der Waals surface area (Å²) in [7, 11) is 0. The Labute approximate surface area is 78.4 Å². The Kier molecular flexibility index (Phi) is 3.00. The summed E-state index contributed by atoms with van der Waals surface area (Å²) >= 11 is 0. The van der Waals surface area contributed by atoms with Crippen molar-refractivity contribution < 1.29 is 18.3 Å². The third kappa shape index (κ3) is 1.98. The van der Waals surface area contributed by atoms with Crippen LogP contribution in [0.2, 0.25) is 0 Å². The minimum Gasteiger partial charge on any atom is -0.462 e. The molecule has 2 N–H and O–H groups in total. The molecule has 7 heteroatoms. The van der Waals surface area contributed by atoms with Crippen LogP contribution in [-0.2, 0) is 4.74 Å². The van der Waals surface area contributed by atoms with E-state index in [0.29, 0.717) is 4.68 Å². The number of carbonyl (C=O) groups is 1. The van der Waals surface area contributed by atoms with Crippen LogP contribution in [0.3, 0.4) is 0 Å². The third-order valence-corrected chi connectivity index (χ3v) is 1.46. The zero-order valence-electron chi connectivity index (χ0n) is 7.41. The van der Waals surface area contributed by atoms with E-state index in [9.17, 15) is 13.6 Å². The molecule has 0 radical (unpaired) electrons. The first kappa shape index (κ1) is 10.4. The van der Waals surface area contributed by atoms with Crippen molar-refractivity contribution in [2.45, 2.75) is 13.5 Å². The van der Waals surface area contributed by atoms with Crippen LogP contribution in [0.5, 0.6) is 0 Å². The van der Waals surface area contributed by atoms with E-state index in [1.807, 2.05) is 0 Å². The van der Waals surface area contributed by atoms with Gasteiger partial charge in [-0.15, -0.1) is 5.10 Å². The number of hydrogen-bond donors (Lipinski definition) is 1. The fraction of sp³-hybridized carbons (Fsp3) is 0.429. The van der Waals surface area contributed by atoms with E-state index in [1.165, 1.54) is 0 Å². The number of nitrogens with two attached hydrogens (primary N) is 1. The summed E-state index contributed by atoms with van der Waals surface area (Å²) in [5.41, 5.74) is 5.10. The number of anilines is 1. The van der Waals surface area contributed by atoms with E-state index in [1.54, 1.807) is 6.92 Å². The van der Waals surface area contributed by atoms with Crippen LogP contribution in [-0.4, -0.2) is 22.4 Å². The number of alkyl halides is 2. The van der Waals surface area contributed by atoms with Crippen molar-refractivity contribution >= 4 is 11.8 Å². The highest BCUT2D eigenvalue weighted by molar-refractivity contribution is 5.93. The molecular weight excluding hydrogens is 196 g/mol. The Bertz CT molecular complexity index is 338. The lowest BCUT2D eigenvalue weighted by atomic mass is 10.3. The molecule has 0 aliphatic heterocycles. The molecule has 0 saturated heterocycles. The van der Waals surface area contributed by atoms with Gasteiger partial charge in [-0.05, 0) is 6.92 Å². The van der Waals surface area contributed by atoms with Crippen molar-refractivity contribution in [2.24, 2.45) is 0 Å². The summed E-state index contributed by atoms with van der Waals surface area (Å²) in [5, 5.41) is 3.26. The number of carbonyl (C=O) groups excluding carboxylic acids is 1. The second-order valence-electron chi connectivity index (χ2n) is 2.41. The number of nitrogen functional groups attached to an aromatic ring is 1. The van der Waals surface area contributed by atoms with E-state index in [2.05, 4.69) is 9.84 Å². The Morgan fingerprint density at radius 1 is 1.79 bits per heavy atom. The number of ether oxygens (including phenoxy) is 1. The lowest BCUT2D eigenvalue weighted by molar-refractivity contribution is 0.0517. The Morgan fingerprint density at radius 3 is 2.86 bits per heavy atom. The quantitative estimate of drug-likeness (QED) is 0.748. The van der Waals surface area contributed by atoms with Crippen LogP contribution in [0.25, 0.3) is 0 Å². The third-order valence-electron chi connectivity index (χ3n) is 1.46. The molecule has 1 aromatic rings. The average molecular weight is 205 g/mol. The van der Waals surface area contributed by atoms with Gasteiger partial charge in [-0.1, -0.05) is 0 Å². The number of rotatable bonds is 3. The zero-order valence-corrected chi connectivity index (χ0v) is 7.41. The standard InChI is InChI=1S/C7H9F2N3O2/c1-2-14-6(13)4-3-12(7(8)9)11-5(4)10/h3,7H,2H2,1H3,(H2,10,11). The second kappa shape index (κ2) is 4.03. The maximum Gasteiger partial charge on any atom is 0.343 e. The highest BCUT2D eigenvalue weighted by Gasteiger charge is 2.18. The fourth-order valence-electron chi connectivity index (χ4n) is 0.872. The fourth-order valence-corrected chi connectivity index (χ4v) is 0.872. The van der Waals surface area contributed by atoms with Crippen LogP contribution in [0, 0.1) is 0 Å². The van der Waals surface area contributed by atoms with Crippen molar-refractivity contribution in [3.05, 3.63) is 11.8 Å². The first-order chi connectivity index (χ1) is 6.56. The maximum absolute atomic E-state index is 12.1. The van der Waals surface area contributed by atoms with Crippen molar-refractivity contribution in [3.8, 4) is 0 Å². The lowest BCUT2D eigenvalue weighted by Crippen LogP contribution is -2.06. The summed E-state index contributed by atoms with van der Waals surface area (Å²) in [6.07, 6.45) is 0.859. The van der Waals surface area contributed by atoms with E-state index in [-0.39, 0.29) is 18.0 Å². The van der Waals surface area contributed by atoms with Gasteiger partial charge in [0.05, 0.1) is 6.61 Å². The topological polar surface area (TPSA) is 70.1 Å². The highest BCUT2D eigenvalue weighted by atomic mass is 19.3. The van der Waals surface area contributed by atoms with Crippen molar-refractivity contribution in [1.82, 2.24) is 9.78 Å². The average Bonchev–Trinajstić information content (AvgIpc) is 2.48. The van der Waals surface area contributed by atoms with Crippen molar-refractivity contribution in [3.63, 3.8) is 0 Å². The van der Waals surface area contributed by atoms with Gasteiger partial charge in [0, 0.05) is 6.20 Å². The zero-order chi connectivity index (χ0) is 10.7. The molecule has 14 heavy (non-hydrogen) atoms. The molecule has 0 fully saturated rings. The Morgan fingerprint density at radius 2 is 2.43 bits per heavy atom. The number of halogens is 2. The molecule has 0 aromatic carbocycles. The normalized spacial score (nSPS) is 10.6. The van der Waals surface area contributed by atoms with Gasteiger partial charge in [0.25, 0.3) is 0 Å². The van der Waals surface area contributed by atoms with Gasteiger partial charge in [0.2, 0.25) is 0 Å². The first-order valence-electron chi connectivity index (χ1n) is 3.86. The summed E-state index contributed by atoms with van der Waals surface area (Å²) in [6, 6.07) is 0. The van der Waals surface area contributed by atoms with Crippen molar-refractivity contribution in [1.29, 1.82) is 0 Å². The molecule has 0 saturated carbocycles. The van der Waals surface area contributed by atoms with E-state index >= 15 is 0 Å². The van der Waals surface area contributed by atoms with Gasteiger partial charge in [-0.25, -0.2) is 9.48 Å². The number of hydrogen-bond acceptors (Lipinski definition) is 4.